The van der Waals surface area contributed by atoms with E-state index < -0.39 is 10.0 Å². The van der Waals surface area contributed by atoms with E-state index in [1.165, 1.54) is 20.6 Å². The molecule has 0 bridgehead atoms. The maximum atomic E-state index is 13.4. The second-order valence-corrected chi connectivity index (χ2v) is 11.6. The van der Waals surface area contributed by atoms with Gasteiger partial charge < -0.3 is 5.32 Å². The third kappa shape index (κ3) is 3.85. The lowest BCUT2D eigenvalue weighted by Gasteiger charge is -2.38. The van der Waals surface area contributed by atoms with Crippen molar-refractivity contribution >= 4 is 26.5 Å². The van der Waals surface area contributed by atoms with Crippen LogP contribution < -0.4 is 5.32 Å². The van der Waals surface area contributed by atoms with Gasteiger partial charge in [0.2, 0.25) is 10.0 Å². The van der Waals surface area contributed by atoms with Crippen LogP contribution in [0.3, 0.4) is 0 Å². The predicted octanol–water partition coefficient (Wildman–Crippen LogP) is 6.49. The highest BCUT2D eigenvalue weighted by Crippen LogP contribution is 2.51. The zero-order valence-electron chi connectivity index (χ0n) is 19.6. The molecule has 1 aliphatic heterocycles. The van der Waals surface area contributed by atoms with Crippen molar-refractivity contribution in [3.05, 3.63) is 120 Å². The molecule has 35 heavy (non-hydrogen) atoms. The largest absolute Gasteiger partial charge is 0.378 e. The molecule has 0 spiro atoms. The summed E-state index contributed by atoms with van der Waals surface area (Å²) in [7, 11) is -1.96. The molecule has 4 aromatic carbocycles. The van der Waals surface area contributed by atoms with Gasteiger partial charge in [0.15, 0.2) is 0 Å². The maximum absolute atomic E-state index is 13.4. The van der Waals surface area contributed by atoms with Gasteiger partial charge in [0.25, 0.3) is 0 Å². The van der Waals surface area contributed by atoms with E-state index in [-0.39, 0.29) is 12.0 Å². The highest BCUT2D eigenvalue weighted by atomic mass is 32.2. The van der Waals surface area contributed by atoms with E-state index in [1.807, 2.05) is 42.5 Å². The standard InChI is InChI=1S/C30H28N2O2S/c1-32(20-21-9-3-2-4-10-21)35(33,34)23-17-18-29-28(19-23)25-14-8-16-27(25)30(31-29)26-15-7-12-22-11-5-6-13-24(22)26/h2-15,17-19,25,27,30-31H,16,20H2,1H3. The van der Waals surface area contributed by atoms with Crippen molar-refractivity contribution in [3.63, 3.8) is 0 Å². The van der Waals surface area contributed by atoms with Gasteiger partial charge in [0.1, 0.15) is 0 Å². The first-order chi connectivity index (χ1) is 17.0. The fourth-order valence-electron chi connectivity index (χ4n) is 5.67. The second kappa shape index (κ2) is 8.67. The van der Waals surface area contributed by atoms with E-state index in [2.05, 4.69) is 59.9 Å². The Kier molecular flexibility index (Phi) is 5.47. The molecule has 3 atom stereocenters. The smallest absolute Gasteiger partial charge is 0.243 e. The molecule has 0 saturated heterocycles. The van der Waals surface area contributed by atoms with Crippen LogP contribution in [0.4, 0.5) is 5.69 Å². The summed E-state index contributed by atoms with van der Waals surface area (Å²) < 4.78 is 28.3. The molecule has 0 saturated carbocycles. The highest BCUT2D eigenvalue weighted by molar-refractivity contribution is 7.89. The summed E-state index contributed by atoms with van der Waals surface area (Å²) in [6.07, 6.45) is 5.47. The van der Waals surface area contributed by atoms with E-state index in [0.29, 0.717) is 17.4 Å². The number of allylic oxidation sites excluding steroid dienone is 2. The van der Waals surface area contributed by atoms with Gasteiger partial charge in [-0.1, -0.05) is 84.9 Å². The van der Waals surface area contributed by atoms with E-state index in [4.69, 9.17) is 0 Å². The average molecular weight is 481 g/mol. The molecule has 1 aliphatic carbocycles. The Balaban J connectivity index is 1.36. The number of benzene rings is 4. The number of anilines is 1. The minimum absolute atomic E-state index is 0.164. The van der Waals surface area contributed by atoms with Crippen LogP contribution >= 0.6 is 0 Å². The number of fused-ring (bicyclic) bond motifs is 4. The lowest BCUT2D eigenvalue weighted by atomic mass is 9.76. The fourth-order valence-corrected chi connectivity index (χ4v) is 6.86. The molecular weight excluding hydrogens is 452 g/mol. The summed E-state index contributed by atoms with van der Waals surface area (Å²) in [5.41, 5.74) is 4.34. The fraction of sp³-hybridized carbons (Fsp3) is 0.200. The van der Waals surface area contributed by atoms with Gasteiger partial charge in [0.05, 0.1) is 10.9 Å². The van der Waals surface area contributed by atoms with Crippen molar-refractivity contribution in [2.75, 3.05) is 12.4 Å². The predicted molar refractivity (Wildman–Crippen MR) is 142 cm³/mol. The number of sulfonamides is 1. The van der Waals surface area contributed by atoms with Gasteiger partial charge in [-0.05, 0) is 58.0 Å². The molecule has 0 fully saturated rings. The van der Waals surface area contributed by atoms with E-state index in [9.17, 15) is 8.42 Å². The van der Waals surface area contributed by atoms with Crippen LogP contribution in [-0.4, -0.2) is 19.8 Å². The molecule has 1 heterocycles. The Morgan fingerprint density at radius 3 is 2.51 bits per heavy atom. The SMILES string of the molecule is CN(Cc1ccccc1)S(=O)(=O)c1ccc2c(c1)C1C=CCC1C(c1cccc3ccccc13)N2. The van der Waals surface area contributed by atoms with Crippen molar-refractivity contribution in [2.24, 2.45) is 5.92 Å². The highest BCUT2D eigenvalue weighted by Gasteiger charge is 2.39. The Morgan fingerprint density at radius 2 is 1.66 bits per heavy atom. The zero-order chi connectivity index (χ0) is 24.0. The van der Waals surface area contributed by atoms with Crippen molar-refractivity contribution in [1.29, 1.82) is 0 Å². The van der Waals surface area contributed by atoms with Crippen LogP contribution in [0.5, 0.6) is 0 Å². The monoisotopic (exact) mass is 480 g/mol. The van der Waals surface area contributed by atoms with Gasteiger partial charge in [-0.2, -0.15) is 4.31 Å². The van der Waals surface area contributed by atoms with E-state index in [1.54, 1.807) is 13.1 Å². The molecule has 176 valence electrons. The number of nitrogens with one attached hydrogen (secondary N) is 1. The average Bonchev–Trinajstić information content (AvgIpc) is 3.39. The number of nitrogens with zero attached hydrogens (tertiary/aromatic N) is 1. The third-order valence-electron chi connectivity index (χ3n) is 7.45. The summed E-state index contributed by atoms with van der Waals surface area (Å²) in [5.74, 6) is 0.526. The molecule has 0 radical (unpaired) electrons. The quantitative estimate of drug-likeness (QED) is 0.332. The Labute approximate surface area is 207 Å². The van der Waals surface area contributed by atoms with Crippen molar-refractivity contribution < 1.29 is 8.42 Å². The van der Waals surface area contributed by atoms with Crippen LogP contribution in [0.1, 0.15) is 35.1 Å². The summed E-state index contributed by atoms with van der Waals surface area (Å²) in [6.45, 7) is 0.341. The van der Waals surface area contributed by atoms with Crippen molar-refractivity contribution in [1.82, 2.24) is 4.31 Å². The third-order valence-corrected chi connectivity index (χ3v) is 9.25. The summed E-state index contributed by atoms with van der Waals surface area (Å²) in [5, 5.41) is 6.28. The lowest BCUT2D eigenvalue weighted by molar-refractivity contribution is 0.426. The second-order valence-electron chi connectivity index (χ2n) is 9.54. The summed E-state index contributed by atoms with van der Waals surface area (Å²) in [4.78, 5) is 0.346. The van der Waals surface area contributed by atoms with Gasteiger partial charge in [0, 0.05) is 25.2 Å². The molecule has 6 rings (SSSR count). The van der Waals surface area contributed by atoms with Crippen LogP contribution in [0.25, 0.3) is 10.8 Å². The van der Waals surface area contributed by atoms with Crippen LogP contribution in [0.15, 0.2) is 108 Å². The molecule has 2 aliphatic rings. The van der Waals surface area contributed by atoms with E-state index >= 15 is 0 Å². The molecule has 0 amide bonds. The van der Waals surface area contributed by atoms with Gasteiger partial charge >= 0.3 is 0 Å². The van der Waals surface area contributed by atoms with Crippen molar-refractivity contribution in [3.8, 4) is 0 Å². The Bertz CT molecular complexity index is 1520. The van der Waals surface area contributed by atoms with Crippen LogP contribution in [-0.2, 0) is 16.6 Å². The first kappa shape index (κ1) is 22.1. The maximum Gasteiger partial charge on any atom is 0.243 e. The first-order valence-corrected chi connectivity index (χ1v) is 13.5. The van der Waals surface area contributed by atoms with Crippen molar-refractivity contribution in [2.45, 2.75) is 29.8 Å². The molecule has 4 nitrogen and oxygen atoms in total. The van der Waals surface area contributed by atoms with Gasteiger partial charge in [-0.15, -0.1) is 0 Å². The van der Waals surface area contributed by atoms with E-state index in [0.717, 1.165) is 23.2 Å². The van der Waals surface area contributed by atoms with Gasteiger partial charge in [-0.3, -0.25) is 0 Å². The normalized spacial score (nSPS) is 21.0. The number of hydrogen-bond donors (Lipinski definition) is 1. The molecule has 5 heteroatoms. The number of hydrogen-bond acceptors (Lipinski definition) is 3. The zero-order valence-corrected chi connectivity index (χ0v) is 20.4. The molecular formula is C30H28N2O2S. The Morgan fingerprint density at radius 1 is 0.886 bits per heavy atom. The molecule has 3 unspecified atom stereocenters. The molecule has 1 N–H and O–H groups in total. The number of rotatable bonds is 5. The molecule has 4 aromatic rings. The summed E-state index contributed by atoms with van der Waals surface area (Å²) >= 11 is 0. The topological polar surface area (TPSA) is 49.4 Å². The summed E-state index contributed by atoms with van der Waals surface area (Å²) in [6, 6.07) is 30.4. The first-order valence-electron chi connectivity index (χ1n) is 12.1. The van der Waals surface area contributed by atoms with Crippen LogP contribution in [0.2, 0.25) is 0 Å². The molecule has 0 aromatic heterocycles. The van der Waals surface area contributed by atoms with Gasteiger partial charge in [-0.25, -0.2) is 8.42 Å². The minimum atomic E-state index is -3.61. The lowest BCUT2D eigenvalue weighted by Crippen LogP contribution is -2.30. The minimum Gasteiger partial charge on any atom is -0.378 e. The van der Waals surface area contributed by atoms with Crippen LogP contribution in [0, 0.1) is 5.92 Å². The Hall–Kier alpha value is -3.41.